The first-order chi connectivity index (χ1) is 14.5. The lowest BCUT2D eigenvalue weighted by atomic mass is 9.96. The molecule has 30 heavy (non-hydrogen) atoms. The van der Waals surface area contributed by atoms with Crippen LogP contribution in [0.4, 0.5) is 5.69 Å². The van der Waals surface area contributed by atoms with Crippen molar-refractivity contribution in [2.75, 3.05) is 13.1 Å². The van der Waals surface area contributed by atoms with E-state index in [9.17, 15) is 19.7 Å². The van der Waals surface area contributed by atoms with Gasteiger partial charge in [-0.1, -0.05) is 18.2 Å². The van der Waals surface area contributed by atoms with E-state index in [1.165, 1.54) is 28.9 Å². The monoisotopic (exact) mass is 407 g/mol. The van der Waals surface area contributed by atoms with Gasteiger partial charge in [-0.15, -0.1) is 0 Å². The largest absolute Gasteiger partial charge is 0.350 e. The van der Waals surface area contributed by atoms with Gasteiger partial charge in [0.15, 0.2) is 0 Å². The number of para-hydroxylation sites is 1. The zero-order chi connectivity index (χ0) is 21.3. The van der Waals surface area contributed by atoms with Crippen LogP contribution in [0, 0.1) is 10.1 Å². The van der Waals surface area contributed by atoms with Crippen molar-refractivity contribution in [3.63, 3.8) is 0 Å². The van der Waals surface area contributed by atoms with Crippen LogP contribution in [0.2, 0.25) is 0 Å². The van der Waals surface area contributed by atoms with Crippen molar-refractivity contribution in [1.82, 2.24) is 19.2 Å². The molecule has 9 nitrogen and oxygen atoms in total. The Morgan fingerprint density at radius 3 is 2.50 bits per heavy atom. The van der Waals surface area contributed by atoms with Gasteiger partial charge in [0.2, 0.25) is 0 Å². The summed E-state index contributed by atoms with van der Waals surface area (Å²) in [6.45, 7) is 1.02. The standard InChI is InChI=1S/C21H21N5O4/c1-23-21(28)25(17-7-3-2-4-8-17)19(22-23)16-6-5-13-24(14-16)20(27)15-9-11-18(12-10-15)26(29)30/h2-4,7-12,16H,5-6,13-14H2,1H3. The van der Waals surface area contributed by atoms with Gasteiger partial charge in [-0.2, -0.15) is 5.10 Å². The number of nitrogens with zero attached hydrogens (tertiary/aromatic N) is 5. The Labute approximate surface area is 172 Å². The maximum Gasteiger partial charge on any atom is 0.350 e. The van der Waals surface area contributed by atoms with Crippen LogP contribution in [0.5, 0.6) is 0 Å². The highest BCUT2D eigenvalue weighted by atomic mass is 16.6. The summed E-state index contributed by atoms with van der Waals surface area (Å²) in [5.74, 6) is 0.365. The smallest absolute Gasteiger partial charge is 0.338 e. The third-order valence-electron chi connectivity index (χ3n) is 5.36. The van der Waals surface area contributed by atoms with Crippen molar-refractivity contribution in [1.29, 1.82) is 0 Å². The third-order valence-corrected chi connectivity index (χ3v) is 5.36. The summed E-state index contributed by atoms with van der Waals surface area (Å²) in [6, 6.07) is 14.9. The van der Waals surface area contributed by atoms with Gasteiger partial charge in [-0.3, -0.25) is 14.9 Å². The topological polar surface area (TPSA) is 103 Å². The van der Waals surface area contributed by atoms with E-state index in [1.54, 1.807) is 16.5 Å². The van der Waals surface area contributed by atoms with E-state index in [2.05, 4.69) is 5.10 Å². The van der Waals surface area contributed by atoms with Gasteiger partial charge in [0.1, 0.15) is 5.82 Å². The van der Waals surface area contributed by atoms with Crippen LogP contribution in [0.1, 0.15) is 34.9 Å². The highest BCUT2D eigenvalue weighted by Gasteiger charge is 2.30. The number of benzene rings is 2. The number of aryl methyl sites for hydroxylation is 1. The van der Waals surface area contributed by atoms with Crippen LogP contribution in [0.25, 0.3) is 5.69 Å². The number of carbonyl (C=O) groups excluding carboxylic acids is 1. The molecule has 1 aliphatic rings. The highest BCUT2D eigenvalue weighted by Crippen LogP contribution is 2.27. The molecule has 4 rings (SSSR count). The number of hydrogen-bond donors (Lipinski definition) is 0. The Hall–Kier alpha value is -3.75. The molecule has 0 aliphatic carbocycles. The molecule has 1 aliphatic heterocycles. The van der Waals surface area contributed by atoms with Crippen LogP contribution in [-0.2, 0) is 7.05 Å². The number of hydrogen-bond acceptors (Lipinski definition) is 5. The summed E-state index contributed by atoms with van der Waals surface area (Å²) in [5.41, 5.74) is 0.866. The highest BCUT2D eigenvalue weighted by molar-refractivity contribution is 5.94. The van der Waals surface area contributed by atoms with Crippen LogP contribution in [0.15, 0.2) is 59.4 Å². The predicted molar refractivity (Wildman–Crippen MR) is 110 cm³/mol. The second-order valence-corrected chi connectivity index (χ2v) is 7.33. The molecule has 0 saturated carbocycles. The van der Waals surface area contributed by atoms with Gasteiger partial charge in [0.05, 0.1) is 10.6 Å². The van der Waals surface area contributed by atoms with Crippen molar-refractivity contribution < 1.29 is 9.72 Å². The number of piperidine rings is 1. The quantitative estimate of drug-likeness (QED) is 0.488. The number of amides is 1. The molecule has 1 atom stereocenters. The normalized spacial score (nSPS) is 16.4. The van der Waals surface area contributed by atoms with E-state index in [1.807, 2.05) is 30.3 Å². The molecule has 3 aromatic rings. The maximum atomic E-state index is 12.9. The van der Waals surface area contributed by atoms with E-state index in [0.717, 1.165) is 18.5 Å². The average Bonchev–Trinajstić information content (AvgIpc) is 3.08. The maximum absolute atomic E-state index is 12.9. The van der Waals surface area contributed by atoms with Crippen LogP contribution < -0.4 is 5.69 Å². The molecule has 154 valence electrons. The summed E-state index contributed by atoms with van der Waals surface area (Å²) >= 11 is 0. The minimum atomic E-state index is -0.491. The molecule has 2 aromatic carbocycles. The van der Waals surface area contributed by atoms with E-state index in [-0.39, 0.29) is 23.2 Å². The summed E-state index contributed by atoms with van der Waals surface area (Å²) in [4.78, 5) is 37.7. The zero-order valence-electron chi connectivity index (χ0n) is 16.5. The van der Waals surface area contributed by atoms with Crippen molar-refractivity contribution >= 4 is 11.6 Å². The molecule has 0 radical (unpaired) electrons. The van der Waals surface area contributed by atoms with Crippen molar-refractivity contribution in [2.45, 2.75) is 18.8 Å². The van der Waals surface area contributed by atoms with E-state index in [0.29, 0.717) is 24.5 Å². The van der Waals surface area contributed by atoms with Crippen LogP contribution >= 0.6 is 0 Å². The van der Waals surface area contributed by atoms with Crippen LogP contribution in [-0.4, -0.2) is 43.2 Å². The molecule has 1 unspecified atom stereocenters. The molecule has 1 fully saturated rings. The van der Waals surface area contributed by atoms with Gasteiger partial charge < -0.3 is 4.90 Å². The second kappa shape index (κ2) is 7.94. The van der Waals surface area contributed by atoms with E-state index in [4.69, 9.17) is 0 Å². The van der Waals surface area contributed by atoms with Crippen molar-refractivity contribution in [3.8, 4) is 5.69 Å². The molecular formula is C21H21N5O4. The van der Waals surface area contributed by atoms with Crippen molar-refractivity contribution in [3.05, 3.63) is 86.6 Å². The van der Waals surface area contributed by atoms with Gasteiger partial charge >= 0.3 is 5.69 Å². The average molecular weight is 407 g/mol. The fourth-order valence-corrected chi connectivity index (χ4v) is 3.85. The second-order valence-electron chi connectivity index (χ2n) is 7.33. The van der Waals surface area contributed by atoms with Crippen molar-refractivity contribution in [2.24, 2.45) is 7.05 Å². The first-order valence-corrected chi connectivity index (χ1v) is 9.71. The lowest BCUT2D eigenvalue weighted by molar-refractivity contribution is -0.384. The molecule has 1 amide bonds. The van der Waals surface area contributed by atoms with E-state index < -0.39 is 4.92 Å². The minimum Gasteiger partial charge on any atom is -0.338 e. The predicted octanol–water partition coefficient (Wildman–Crippen LogP) is 2.50. The fourth-order valence-electron chi connectivity index (χ4n) is 3.85. The summed E-state index contributed by atoms with van der Waals surface area (Å²) in [7, 11) is 1.62. The summed E-state index contributed by atoms with van der Waals surface area (Å²) in [6.07, 6.45) is 1.59. The molecule has 0 bridgehead atoms. The molecular weight excluding hydrogens is 386 g/mol. The number of nitro benzene ring substituents is 1. The molecule has 1 aromatic heterocycles. The lowest BCUT2D eigenvalue weighted by Gasteiger charge is -2.32. The van der Waals surface area contributed by atoms with Gasteiger partial charge in [0, 0.05) is 43.8 Å². The molecule has 9 heteroatoms. The molecule has 0 N–H and O–H groups in total. The Bertz CT molecular complexity index is 1130. The number of nitro groups is 1. The number of likely N-dealkylation sites (tertiary alicyclic amines) is 1. The Morgan fingerprint density at radius 2 is 1.83 bits per heavy atom. The number of carbonyl (C=O) groups is 1. The Kier molecular flexibility index (Phi) is 5.18. The molecule has 2 heterocycles. The lowest BCUT2D eigenvalue weighted by Crippen LogP contribution is -2.40. The first kappa shape index (κ1) is 19.6. The summed E-state index contributed by atoms with van der Waals surface area (Å²) in [5, 5.41) is 15.3. The minimum absolute atomic E-state index is 0.0524. The number of non-ortho nitro benzene ring substituents is 1. The Balaban J connectivity index is 1.61. The Morgan fingerprint density at radius 1 is 1.13 bits per heavy atom. The zero-order valence-corrected chi connectivity index (χ0v) is 16.5. The number of rotatable bonds is 4. The first-order valence-electron chi connectivity index (χ1n) is 9.71. The third kappa shape index (κ3) is 3.61. The van der Waals surface area contributed by atoms with Crippen LogP contribution in [0.3, 0.4) is 0 Å². The van der Waals surface area contributed by atoms with E-state index >= 15 is 0 Å². The van der Waals surface area contributed by atoms with Gasteiger partial charge in [-0.05, 0) is 37.1 Å². The van der Waals surface area contributed by atoms with Gasteiger partial charge in [0.25, 0.3) is 11.6 Å². The number of aromatic nitrogens is 3. The molecule has 0 spiro atoms. The summed E-state index contributed by atoms with van der Waals surface area (Å²) < 4.78 is 2.92. The van der Waals surface area contributed by atoms with Gasteiger partial charge in [-0.25, -0.2) is 14.0 Å². The fraction of sp³-hybridized carbons (Fsp3) is 0.286. The molecule has 1 saturated heterocycles. The SMILES string of the molecule is Cn1nc(C2CCCN(C(=O)c3ccc([N+](=O)[O-])cc3)C2)n(-c2ccccc2)c1=O.